The molecule has 0 aliphatic heterocycles. The van der Waals surface area contributed by atoms with Crippen LogP contribution < -0.4 is 10.1 Å². The summed E-state index contributed by atoms with van der Waals surface area (Å²) in [7, 11) is 1.57. The Morgan fingerprint density at radius 2 is 1.76 bits per heavy atom. The van der Waals surface area contributed by atoms with E-state index < -0.39 is 12.0 Å². The van der Waals surface area contributed by atoms with Gasteiger partial charge in [0.05, 0.1) is 19.6 Å². The van der Waals surface area contributed by atoms with E-state index in [0.717, 1.165) is 11.1 Å². The zero-order valence-electron chi connectivity index (χ0n) is 13.2. The second-order valence-corrected chi connectivity index (χ2v) is 5.47. The van der Waals surface area contributed by atoms with Crippen molar-refractivity contribution in [3.05, 3.63) is 28.8 Å². The summed E-state index contributed by atoms with van der Waals surface area (Å²) >= 11 is 0. The van der Waals surface area contributed by atoms with Gasteiger partial charge in [0.1, 0.15) is 5.75 Å². The molecule has 5 nitrogen and oxygen atoms in total. The topological polar surface area (TPSA) is 75.6 Å². The molecule has 0 aliphatic carbocycles. The normalized spacial score (nSPS) is 12.3. The summed E-state index contributed by atoms with van der Waals surface area (Å²) < 4.78 is 5.18. The van der Waals surface area contributed by atoms with Gasteiger partial charge in [-0.25, -0.2) is 0 Å². The van der Waals surface area contributed by atoms with Crippen molar-refractivity contribution in [2.45, 2.75) is 46.2 Å². The Hall–Kier alpha value is -1.88. The second kappa shape index (κ2) is 7.22. The Morgan fingerprint density at radius 3 is 2.14 bits per heavy atom. The number of nitrogens with one attached hydrogen (secondary N) is 1. The fourth-order valence-corrected chi connectivity index (χ4v) is 2.41. The number of aryl methyl sites for hydroxylation is 2. The maximum absolute atomic E-state index is 12.7. The van der Waals surface area contributed by atoms with Gasteiger partial charge in [-0.2, -0.15) is 0 Å². The van der Waals surface area contributed by atoms with E-state index in [4.69, 9.17) is 9.84 Å². The van der Waals surface area contributed by atoms with Gasteiger partial charge in [0.25, 0.3) is 0 Å². The molecule has 0 fully saturated rings. The van der Waals surface area contributed by atoms with Crippen LogP contribution in [0, 0.1) is 13.8 Å². The van der Waals surface area contributed by atoms with Crippen molar-refractivity contribution < 1.29 is 19.4 Å². The van der Waals surface area contributed by atoms with Crippen molar-refractivity contribution in [1.29, 1.82) is 0 Å². The van der Waals surface area contributed by atoms with E-state index in [2.05, 4.69) is 5.32 Å². The molecule has 1 atom stereocenters. The minimum Gasteiger partial charge on any atom is -0.497 e. The van der Waals surface area contributed by atoms with E-state index in [1.165, 1.54) is 0 Å². The van der Waals surface area contributed by atoms with E-state index in [9.17, 15) is 9.59 Å². The van der Waals surface area contributed by atoms with Crippen molar-refractivity contribution in [3.8, 4) is 5.75 Å². The number of Topliss-reactive ketones (excluding diaryl/α,β-unsaturated/α-hetero) is 1. The van der Waals surface area contributed by atoms with Crippen molar-refractivity contribution >= 4 is 11.8 Å². The van der Waals surface area contributed by atoms with Crippen LogP contribution in [0.5, 0.6) is 5.75 Å². The Labute approximate surface area is 125 Å². The molecule has 0 saturated carbocycles. The first-order chi connectivity index (χ1) is 9.76. The standard InChI is InChI=1S/C16H23NO4/c1-9(2)17-13(8-14(18)19)16(20)15-10(3)6-12(21-5)7-11(15)4/h6-7,9,13,17H,8H2,1-5H3,(H,18,19). The SMILES string of the molecule is COc1cc(C)c(C(=O)C(CC(=O)O)NC(C)C)c(C)c1. The van der Waals surface area contributed by atoms with Gasteiger partial charge in [0.2, 0.25) is 0 Å². The zero-order chi connectivity index (χ0) is 16.2. The molecule has 0 aliphatic rings. The molecule has 0 radical (unpaired) electrons. The lowest BCUT2D eigenvalue weighted by atomic mass is 9.93. The minimum absolute atomic E-state index is 0.0251. The number of hydrogen-bond acceptors (Lipinski definition) is 4. The molecule has 21 heavy (non-hydrogen) atoms. The summed E-state index contributed by atoms with van der Waals surface area (Å²) in [6.07, 6.45) is -0.234. The summed E-state index contributed by atoms with van der Waals surface area (Å²) in [4.78, 5) is 23.7. The van der Waals surface area contributed by atoms with Gasteiger partial charge in [-0.1, -0.05) is 13.8 Å². The molecule has 1 aromatic carbocycles. The Morgan fingerprint density at radius 1 is 1.24 bits per heavy atom. The number of aliphatic carboxylic acids is 1. The molecule has 0 bridgehead atoms. The molecule has 1 aromatic rings. The van der Waals surface area contributed by atoms with Gasteiger partial charge in [-0.3, -0.25) is 9.59 Å². The van der Waals surface area contributed by atoms with Crippen molar-refractivity contribution in [1.82, 2.24) is 5.32 Å². The highest BCUT2D eigenvalue weighted by molar-refractivity contribution is 6.04. The highest BCUT2D eigenvalue weighted by atomic mass is 16.5. The number of rotatable bonds is 7. The smallest absolute Gasteiger partial charge is 0.305 e. The quantitative estimate of drug-likeness (QED) is 0.755. The molecular weight excluding hydrogens is 270 g/mol. The third-order valence-corrected chi connectivity index (χ3v) is 3.22. The summed E-state index contributed by atoms with van der Waals surface area (Å²) in [5.74, 6) is -0.498. The Balaban J connectivity index is 3.16. The number of carbonyl (C=O) groups excluding carboxylic acids is 1. The fraction of sp³-hybridized carbons (Fsp3) is 0.500. The monoisotopic (exact) mass is 293 g/mol. The van der Waals surface area contributed by atoms with Crippen LogP contribution in [0.2, 0.25) is 0 Å². The van der Waals surface area contributed by atoms with E-state index in [0.29, 0.717) is 11.3 Å². The second-order valence-electron chi connectivity index (χ2n) is 5.47. The van der Waals surface area contributed by atoms with E-state index in [1.807, 2.05) is 27.7 Å². The predicted molar refractivity (Wildman–Crippen MR) is 81.1 cm³/mol. The Kier molecular flexibility index (Phi) is 5.90. The van der Waals surface area contributed by atoms with Gasteiger partial charge in [-0.05, 0) is 37.1 Å². The molecule has 0 amide bonds. The van der Waals surface area contributed by atoms with E-state index >= 15 is 0 Å². The molecule has 116 valence electrons. The molecule has 1 rings (SSSR count). The third-order valence-electron chi connectivity index (χ3n) is 3.22. The number of carboxylic acid groups (broad SMARTS) is 1. The zero-order valence-corrected chi connectivity index (χ0v) is 13.2. The first-order valence-electron chi connectivity index (χ1n) is 6.93. The summed E-state index contributed by atoms with van der Waals surface area (Å²) in [6.45, 7) is 7.43. The lowest BCUT2D eigenvalue weighted by molar-refractivity contribution is -0.137. The van der Waals surface area contributed by atoms with Gasteiger partial charge < -0.3 is 15.2 Å². The van der Waals surface area contributed by atoms with Crippen LogP contribution in [0.3, 0.4) is 0 Å². The number of carboxylic acids is 1. The first kappa shape index (κ1) is 17.2. The van der Waals surface area contributed by atoms with Crippen LogP contribution >= 0.6 is 0 Å². The highest BCUT2D eigenvalue weighted by Gasteiger charge is 2.26. The lowest BCUT2D eigenvalue weighted by Gasteiger charge is -2.21. The van der Waals surface area contributed by atoms with E-state index in [1.54, 1.807) is 19.2 Å². The van der Waals surface area contributed by atoms with Gasteiger partial charge >= 0.3 is 5.97 Å². The molecule has 0 saturated heterocycles. The van der Waals surface area contributed by atoms with Crippen molar-refractivity contribution in [2.24, 2.45) is 0 Å². The first-order valence-corrected chi connectivity index (χ1v) is 6.93. The largest absolute Gasteiger partial charge is 0.497 e. The maximum Gasteiger partial charge on any atom is 0.305 e. The third kappa shape index (κ3) is 4.56. The summed E-state index contributed by atoms with van der Waals surface area (Å²) in [5, 5.41) is 12.0. The van der Waals surface area contributed by atoms with Crippen molar-refractivity contribution in [2.75, 3.05) is 7.11 Å². The van der Waals surface area contributed by atoms with E-state index in [-0.39, 0.29) is 18.2 Å². The van der Waals surface area contributed by atoms with Crippen LogP contribution in [-0.4, -0.2) is 36.1 Å². The number of hydrogen-bond donors (Lipinski definition) is 2. The predicted octanol–water partition coefficient (Wildman–Crippen LogP) is 2.34. The molecule has 0 heterocycles. The van der Waals surface area contributed by atoms with Crippen LogP contribution in [0.15, 0.2) is 12.1 Å². The van der Waals surface area contributed by atoms with Crippen LogP contribution in [0.25, 0.3) is 0 Å². The average molecular weight is 293 g/mol. The molecular formula is C16H23NO4. The molecule has 1 unspecified atom stereocenters. The number of ether oxygens (including phenoxy) is 1. The number of methoxy groups -OCH3 is 1. The van der Waals surface area contributed by atoms with Crippen LogP contribution in [0.1, 0.15) is 41.8 Å². The molecule has 2 N–H and O–H groups in total. The summed E-state index contributed by atoms with van der Waals surface area (Å²) in [6, 6.07) is 2.87. The molecule has 5 heteroatoms. The van der Waals surface area contributed by atoms with Gasteiger partial charge in [0.15, 0.2) is 5.78 Å². The molecule has 0 aromatic heterocycles. The van der Waals surface area contributed by atoms with Crippen molar-refractivity contribution in [3.63, 3.8) is 0 Å². The molecule has 0 spiro atoms. The number of ketones is 1. The maximum atomic E-state index is 12.7. The van der Waals surface area contributed by atoms with Gasteiger partial charge in [0, 0.05) is 11.6 Å². The fourth-order valence-electron chi connectivity index (χ4n) is 2.41. The van der Waals surface area contributed by atoms with Crippen LogP contribution in [-0.2, 0) is 4.79 Å². The Bertz CT molecular complexity index is 514. The minimum atomic E-state index is -0.995. The average Bonchev–Trinajstić information content (AvgIpc) is 2.35. The van der Waals surface area contributed by atoms with Crippen LogP contribution in [0.4, 0.5) is 0 Å². The number of carbonyl (C=O) groups is 2. The lowest BCUT2D eigenvalue weighted by Crippen LogP contribution is -2.42. The number of benzene rings is 1. The highest BCUT2D eigenvalue weighted by Crippen LogP contribution is 2.23. The summed E-state index contributed by atoms with van der Waals surface area (Å²) in [5.41, 5.74) is 2.14. The van der Waals surface area contributed by atoms with Gasteiger partial charge in [-0.15, -0.1) is 0 Å².